The molecule has 0 unspecified atom stereocenters. The number of ether oxygens (including phenoxy) is 1. The van der Waals surface area contributed by atoms with E-state index in [9.17, 15) is 4.79 Å². The van der Waals surface area contributed by atoms with Gasteiger partial charge >= 0.3 is 5.97 Å². The molecule has 4 heteroatoms. The van der Waals surface area contributed by atoms with Gasteiger partial charge in [0.25, 0.3) is 0 Å². The minimum atomic E-state index is -0.134. The molecule has 0 saturated heterocycles. The van der Waals surface area contributed by atoms with Crippen molar-refractivity contribution in [1.29, 1.82) is 0 Å². The standard InChI is InChI=1S/C12H25NO2.ClH/c1-3-4-5-6-7-8-10-13-11-9-12(14)15-2;/h13H,3-11H2,1-2H3;1H. The Morgan fingerprint density at radius 2 is 1.69 bits per heavy atom. The van der Waals surface area contributed by atoms with Gasteiger partial charge in [-0.05, 0) is 13.0 Å². The summed E-state index contributed by atoms with van der Waals surface area (Å²) < 4.78 is 4.54. The van der Waals surface area contributed by atoms with E-state index in [4.69, 9.17) is 0 Å². The summed E-state index contributed by atoms with van der Waals surface area (Å²) in [5.74, 6) is -0.134. The third-order valence-electron chi connectivity index (χ3n) is 2.44. The number of esters is 1. The molecule has 0 aromatic heterocycles. The number of methoxy groups -OCH3 is 1. The zero-order valence-corrected chi connectivity index (χ0v) is 11.4. The van der Waals surface area contributed by atoms with Crippen molar-refractivity contribution < 1.29 is 9.53 Å². The number of nitrogens with one attached hydrogen (secondary N) is 1. The van der Waals surface area contributed by atoms with Crippen molar-refractivity contribution in [3.63, 3.8) is 0 Å². The molecule has 0 rings (SSSR count). The zero-order chi connectivity index (χ0) is 11.4. The van der Waals surface area contributed by atoms with Crippen LogP contribution in [0.2, 0.25) is 0 Å². The van der Waals surface area contributed by atoms with Gasteiger partial charge in [0.15, 0.2) is 0 Å². The van der Waals surface area contributed by atoms with Crippen LogP contribution in [-0.4, -0.2) is 26.2 Å². The molecule has 0 radical (unpaired) electrons. The fourth-order valence-electron chi connectivity index (χ4n) is 1.45. The molecule has 0 aliphatic heterocycles. The summed E-state index contributed by atoms with van der Waals surface area (Å²) in [6.07, 6.45) is 8.35. The van der Waals surface area contributed by atoms with Crippen molar-refractivity contribution >= 4 is 18.4 Å². The van der Waals surface area contributed by atoms with E-state index >= 15 is 0 Å². The van der Waals surface area contributed by atoms with E-state index in [1.165, 1.54) is 45.6 Å². The third-order valence-corrected chi connectivity index (χ3v) is 2.44. The topological polar surface area (TPSA) is 38.3 Å². The number of carbonyl (C=O) groups is 1. The monoisotopic (exact) mass is 251 g/mol. The molecule has 16 heavy (non-hydrogen) atoms. The first-order valence-electron chi connectivity index (χ1n) is 6.08. The Hall–Kier alpha value is -0.280. The zero-order valence-electron chi connectivity index (χ0n) is 10.6. The summed E-state index contributed by atoms with van der Waals surface area (Å²) in [6.45, 7) is 3.99. The Bertz CT molecular complexity index is 154. The van der Waals surface area contributed by atoms with E-state index in [0.29, 0.717) is 6.42 Å². The lowest BCUT2D eigenvalue weighted by molar-refractivity contribution is -0.140. The van der Waals surface area contributed by atoms with Gasteiger partial charge in [-0.25, -0.2) is 0 Å². The van der Waals surface area contributed by atoms with Crippen LogP contribution in [0.4, 0.5) is 0 Å². The third kappa shape index (κ3) is 13.7. The molecule has 0 aromatic rings. The Kier molecular flexibility index (Phi) is 16.6. The highest BCUT2D eigenvalue weighted by molar-refractivity contribution is 5.85. The molecule has 0 amide bonds. The van der Waals surface area contributed by atoms with Gasteiger partial charge in [0, 0.05) is 6.54 Å². The summed E-state index contributed by atoms with van der Waals surface area (Å²) in [7, 11) is 1.43. The van der Waals surface area contributed by atoms with Gasteiger partial charge in [0.05, 0.1) is 13.5 Å². The first-order valence-corrected chi connectivity index (χ1v) is 6.08. The molecule has 0 aliphatic carbocycles. The highest BCUT2D eigenvalue weighted by Gasteiger charge is 1.97. The molecule has 0 saturated carbocycles. The maximum atomic E-state index is 10.8. The van der Waals surface area contributed by atoms with Crippen LogP contribution in [0.1, 0.15) is 51.9 Å². The molecule has 98 valence electrons. The summed E-state index contributed by atoms with van der Waals surface area (Å²) in [6, 6.07) is 0. The van der Waals surface area contributed by atoms with Gasteiger partial charge in [-0.15, -0.1) is 12.4 Å². The van der Waals surface area contributed by atoms with Crippen LogP contribution in [0, 0.1) is 0 Å². The van der Waals surface area contributed by atoms with E-state index in [-0.39, 0.29) is 18.4 Å². The second-order valence-corrected chi connectivity index (χ2v) is 3.84. The van der Waals surface area contributed by atoms with Crippen LogP contribution in [-0.2, 0) is 9.53 Å². The lowest BCUT2D eigenvalue weighted by Gasteiger charge is -2.03. The average Bonchev–Trinajstić information content (AvgIpc) is 2.26. The number of unbranched alkanes of at least 4 members (excludes halogenated alkanes) is 5. The average molecular weight is 252 g/mol. The fourth-order valence-corrected chi connectivity index (χ4v) is 1.45. The minimum Gasteiger partial charge on any atom is -0.469 e. The first-order chi connectivity index (χ1) is 7.31. The van der Waals surface area contributed by atoms with E-state index in [1.807, 2.05) is 0 Å². The van der Waals surface area contributed by atoms with Gasteiger partial charge in [-0.3, -0.25) is 4.79 Å². The van der Waals surface area contributed by atoms with Crippen molar-refractivity contribution in [3.8, 4) is 0 Å². The molecular weight excluding hydrogens is 226 g/mol. The first kappa shape index (κ1) is 18.1. The largest absolute Gasteiger partial charge is 0.469 e. The van der Waals surface area contributed by atoms with Crippen molar-refractivity contribution in [2.24, 2.45) is 0 Å². The number of carbonyl (C=O) groups excluding carboxylic acids is 1. The predicted molar refractivity (Wildman–Crippen MR) is 70.1 cm³/mol. The number of rotatable bonds is 10. The second-order valence-electron chi connectivity index (χ2n) is 3.84. The molecular formula is C12H26ClNO2. The highest BCUT2D eigenvalue weighted by atomic mass is 35.5. The molecule has 3 nitrogen and oxygen atoms in total. The minimum absolute atomic E-state index is 0. The van der Waals surface area contributed by atoms with Gasteiger partial charge in [-0.1, -0.05) is 39.0 Å². The Balaban J connectivity index is 0. The van der Waals surface area contributed by atoms with Crippen LogP contribution < -0.4 is 5.32 Å². The predicted octanol–water partition coefficient (Wildman–Crippen LogP) is 2.92. The van der Waals surface area contributed by atoms with Crippen LogP contribution in [0.15, 0.2) is 0 Å². The van der Waals surface area contributed by atoms with Crippen molar-refractivity contribution in [3.05, 3.63) is 0 Å². The Labute approximate surface area is 106 Å². The lowest BCUT2D eigenvalue weighted by atomic mass is 10.1. The van der Waals surface area contributed by atoms with Crippen molar-refractivity contribution in [2.75, 3.05) is 20.2 Å². The summed E-state index contributed by atoms with van der Waals surface area (Å²) in [5, 5.41) is 3.24. The summed E-state index contributed by atoms with van der Waals surface area (Å²) in [4.78, 5) is 10.8. The smallest absolute Gasteiger partial charge is 0.306 e. The molecule has 0 aromatic carbocycles. The molecule has 0 atom stereocenters. The van der Waals surface area contributed by atoms with Crippen LogP contribution in [0.3, 0.4) is 0 Å². The Morgan fingerprint density at radius 1 is 1.06 bits per heavy atom. The SMILES string of the molecule is CCCCCCCCNCCC(=O)OC.Cl. The highest BCUT2D eigenvalue weighted by Crippen LogP contribution is 2.03. The molecule has 0 heterocycles. The second kappa shape index (κ2) is 14.7. The number of hydrogen-bond acceptors (Lipinski definition) is 3. The molecule has 0 aliphatic rings. The number of halogens is 1. The summed E-state index contributed by atoms with van der Waals surface area (Å²) >= 11 is 0. The number of hydrogen-bond donors (Lipinski definition) is 1. The molecule has 1 N–H and O–H groups in total. The van der Waals surface area contributed by atoms with Gasteiger partial charge in [0.2, 0.25) is 0 Å². The van der Waals surface area contributed by atoms with Gasteiger partial charge in [0.1, 0.15) is 0 Å². The lowest BCUT2D eigenvalue weighted by Crippen LogP contribution is -2.19. The molecule has 0 bridgehead atoms. The van der Waals surface area contributed by atoms with Crippen LogP contribution >= 0.6 is 12.4 Å². The van der Waals surface area contributed by atoms with E-state index < -0.39 is 0 Å². The van der Waals surface area contributed by atoms with Crippen LogP contribution in [0.5, 0.6) is 0 Å². The van der Waals surface area contributed by atoms with Crippen molar-refractivity contribution in [1.82, 2.24) is 5.32 Å². The fraction of sp³-hybridized carbons (Fsp3) is 0.917. The van der Waals surface area contributed by atoms with Gasteiger partial charge in [-0.2, -0.15) is 0 Å². The molecule has 0 spiro atoms. The summed E-state index contributed by atoms with van der Waals surface area (Å²) in [5.41, 5.74) is 0. The van der Waals surface area contributed by atoms with E-state index in [1.54, 1.807) is 0 Å². The van der Waals surface area contributed by atoms with Gasteiger partial charge < -0.3 is 10.1 Å². The normalized spacial score (nSPS) is 9.62. The molecule has 0 fully saturated rings. The quantitative estimate of drug-likeness (QED) is 0.479. The van der Waals surface area contributed by atoms with E-state index in [0.717, 1.165) is 13.1 Å². The van der Waals surface area contributed by atoms with E-state index in [2.05, 4.69) is 17.0 Å². The maximum Gasteiger partial charge on any atom is 0.306 e. The maximum absolute atomic E-state index is 10.8. The van der Waals surface area contributed by atoms with Crippen molar-refractivity contribution in [2.45, 2.75) is 51.9 Å². The van der Waals surface area contributed by atoms with Crippen LogP contribution in [0.25, 0.3) is 0 Å². The Morgan fingerprint density at radius 3 is 2.31 bits per heavy atom.